The van der Waals surface area contributed by atoms with Crippen molar-refractivity contribution in [2.24, 2.45) is 5.92 Å². The van der Waals surface area contributed by atoms with E-state index in [4.69, 9.17) is 9.47 Å². The van der Waals surface area contributed by atoms with Crippen LogP contribution in [0.1, 0.15) is 25.8 Å². The lowest BCUT2D eigenvalue weighted by Crippen LogP contribution is -2.16. The first kappa shape index (κ1) is 19.7. The lowest BCUT2D eigenvalue weighted by atomic mass is 9.95. The molecule has 2 aromatic rings. The van der Waals surface area contributed by atoms with Gasteiger partial charge in [0.15, 0.2) is 0 Å². The van der Waals surface area contributed by atoms with E-state index in [0.717, 1.165) is 23.0 Å². The van der Waals surface area contributed by atoms with Crippen LogP contribution < -0.4 is 5.32 Å². The normalized spacial score (nSPS) is 16.2. The van der Waals surface area contributed by atoms with Crippen LogP contribution in [0.2, 0.25) is 0 Å². The molecule has 0 spiro atoms. The molecule has 28 heavy (non-hydrogen) atoms. The molecule has 1 heterocycles. The molecule has 0 saturated carbocycles. The number of rotatable bonds is 8. The molecular formula is C23H25FN2O2. The van der Waals surface area contributed by atoms with Crippen molar-refractivity contribution in [1.82, 2.24) is 4.98 Å². The van der Waals surface area contributed by atoms with Crippen molar-refractivity contribution >= 4 is 5.82 Å². The number of halogens is 1. The zero-order chi connectivity index (χ0) is 19.9. The van der Waals surface area contributed by atoms with Crippen LogP contribution in [-0.4, -0.2) is 11.1 Å². The minimum Gasteiger partial charge on any atom is -0.493 e. The number of ether oxygens (including phenoxy) is 2. The van der Waals surface area contributed by atoms with Gasteiger partial charge in [0.25, 0.3) is 0 Å². The van der Waals surface area contributed by atoms with Crippen molar-refractivity contribution in [2.75, 3.05) is 5.32 Å². The Morgan fingerprint density at radius 1 is 1.25 bits per heavy atom. The second-order valence-electron chi connectivity index (χ2n) is 6.90. The van der Waals surface area contributed by atoms with Crippen LogP contribution in [0, 0.1) is 11.7 Å². The molecule has 1 atom stereocenters. The Balaban J connectivity index is 1.71. The molecule has 4 nitrogen and oxygen atoms in total. The molecule has 0 aliphatic heterocycles. The van der Waals surface area contributed by atoms with Gasteiger partial charge in [-0.05, 0) is 38.1 Å². The Labute approximate surface area is 165 Å². The Morgan fingerprint density at radius 2 is 2.04 bits per heavy atom. The lowest BCUT2D eigenvalue weighted by molar-refractivity contribution is 0.141. The first-order valence-electron chi connectivity index (χ1n) is 9.33. The van der Waals surface area contributed by atoms with Crippen LogP contribution in [-0.2, 0) is 16.1 Å². The SMILES string of the molecule is C=C(Nc1ccccn1)C1C=C(OC(C)C)C=C(OCc2ccccc2F)C1. The summed E-state index contributed by atoms with van der Waals surface area (Å²) in [6.07, 6.45) is 6.26. The average molecular weight is 380 g/mol. The van der Waals surface area contributed by atoms with Gasteiger partial charge in [-0.2, -0.15) is 0 Å². The Kier molecular flexibility index (Phi) is 6.48. The molecule has 0 saturated heterocycles. The van der Waals surface area contributed by atoms with Crippen molar-refractivity contribution in [3.05, 3.63) is 96.0 Å². The van der Waals surface area contributed by atoms with Crippen LogP contribution in [0.4, 0.5) is 10.2 Å². The number of allylic oxidation sites excluding steroid dienone is 3. The second kappa shape index (κ2) is 9.22. The predicted octanol–water partition coefficient (Wildman–Crippen LogP) is 5.58. The standard InChI is InChI=1S/C23H25FN2O2/c1-16(2)28-21-13-19(17(3)26-23-10-6-7-11-25-23)12-20(14-21)27-15-18-8-4-5-9-22(18)24/h4-11,13-14,16,19H,3,12,15H2,1-2H3,(H,25,26). The third-order valence-electron chi connectivity index (χ3n) is 4.23. The Bertz CT molecular complexity index is 875. The molecule has 1 aromatic carbocycles. The van der Waals surface area contributed by atoms with E-state index in [9.17, 15) is 4.39 Å². The fourth-order valence-electron chi connectivity index (χ4n) is 2.89. The predicted molar refractivity (Wildman–Crippen MR) is 109 cm³/mol. The summed E-state index contributed by atoms with van der Waals surface area (Å²) in [5.74, 6) is 1.88. The second-order valence-corrected chi connectivity index (χ2v) is 6.90. The highest BCUT2D eigenvalue weighted by Crippen LogP contribution is 2.30. The van der Waals surface area contributed by atoms with Gasteiger partial charge in [-0.3, -0.25) is 0 Å². The van der Waals surface area contributed by atoms with Crippen LogP contribution in [0.25, 0.3) is 0 Å². The zero-order valence-corrected chi connectivity index (χ0v) is 16.2. The fraction of sp³-hybridized carbons (Fsp3) is 0.261. The number of hydrogen-bond donors (Lipinski definition) is 1. The summed E-state index contributed by atoms with van der Waals surface area (Å²) in [4.78, 5) is 4.27. The van der Waals surface area contributed by atoms with Gasteiger partial charge in [0.05, 0.1) is 6.10 Å². The largest absolute Gasteiger partial charge is 0.493 e. The molecule has 1 aliphatic rings. The topological polar surface area (TPSA) is 43.4 Å². The third-order valence-corrected chi connectivity index (χ3v) is 4.23. The number of hydrogen-bond acceptors (Lipinski definition) is 4. The van der Waals surface area contributed by atoms with E-state index in [1.165, 1.54) is 6.07 Å². The number of nitrogens with one attached hydrogen (secondary N) is 1. The molecule has 0 fully saturated rings. The maximum Gasteiger partial charge on any atom is 0.130 e. The van der Waals surface area contributed by atoms with Crippen molar-refractivity contribution in [1.29, 1.82) is 0 Å². The summed E-state index contributed by atoms with van der Waals surface area (Å²) in [5.41, 5.74) is 1.31. The first-order chi connectivity index (χ1) is 13.5. The number of anilines is 1. The maximum absolute atomic E-state index is 13.9. The molecule has 1 N–H and O–H groups in total. The van der Waals surface area contributed by atoms with Gasteiger partial charge < -0.3 is 14.8 Å². The third kappa shape index (κ3) is 5.46. The molecule has 0 amide bonds. The molecule has 0 radical (unpaired) electrons. The van der Waals surface area contributed by atoms with Gasteiger partial charge in [-0.1, -0.05) is 30.8 Å². The molecule has 1 unspecified atom stereocenters. The van der Waals surface area contributed by atoms with Crippen LogP contribution in [0.15, 0.2) is 84.6 Å². The highest BCUT2D eigenvalue weighted by molar-refractivity contribution is 5.42. The van der Waals surface area contributed by atoms with Crippen molar-refractivity contribution in [2.45, 2.75) is 33.0 Å². The first-order valence-corrected chi connectivity index (χ1v) is 9.33. The summed E-state index contributed by atoms with van der Waals surface area (Å²) >= 11 is 0. The van der Waals surface area contributed by atoms with Crippen LogP contribution >= 0.6 is 0 Å². The average Bonchev–Trinajstić information content (AvgIpc) is 2.67. The number of aromatic nitrogens is 1. The van der Waals surface area contributed by atoms with E-state index in [-0.39, 0.29) is 24.4 Å². The monoisotopic (exact) mass is 380 g/mol. The molecule has 0 bridgehead atoms. The van der Waals surface area contributed by atoms with Crippen molar-refractivity contribution in [3.8, 4) is 0 Å². The molecule has 3 rings (SSSR count). The van der Waals surface area contributed by atoms with E-state index in [1.807, 2.05) is 44.2 Å². The summed E-state index contributed by atoms with van der Waals surface area (Å²) in [5, 5.41) is 3.24. The van der Waals surface area contributed by atoms with Crippen LogP contribution in [0.5, 0.6) is 0 Å². The summed E-state index contributed by atoms with van der Waals surface area (Å²) in [7, 11) is 0. The number of nitrogens with zero attached hydrogens (tertiary/aromatic N) is 1. The minimum atomic E-state index is -0.272. The zero-order valence-electron chi connectivity index (χ0n) is 16.2. The molecule has 146 valence electrons. The smallest absolute Gasteiger partial charge is 0.130 e. The summed E-state index contributed by atoms with van der Waals surface area (Å²) in [6.45, 7) is 8.27. The van der Waals surface area contributed by atoms with Crippen molar-refractivity contribution in [3.63, 3.8) is 0 Å². The fourth-order valence-corrected chi connectivity index (χ4v) is 2.89. The van der Waals surface area contributed by atoms with Gasteiger partial charge in [-0.25, -0.2) is 9.37 Å². The summed E-state index contributed by atoms with van der Waals surface area (Å²) in [6, 6.07) is 12.3. The number of benzene rings is 1. The van der Waals surface area contributed by atoms with E-state index in [1.54, 1.807) is 24.4 Å². The van der Waals surface area contributed by atoms with Gasteiger partial charge >= 0.3 is 0 Å². The molecule has 1 aromatic heterocycles. The van der Waals surface area contributed by atoms with E-state index in [0.29, 0.717) is 12.0 Å². The van der Waals surface area contributed by atoms with Gasteiger partial charge in [-0.15, -0.1) is 0 Å². The molecule has 1 aliphatic carbocycles. The van der Waals surface area contributed by atoms with Gasteiger partial charge in [0.2, 0.25) is 0 Å². The Hall–Kier alpha value is -3.08. The van der Waals surface area contributed by atoms with Crippen molar-refractivity contribution < 1.29 is 13.9 Å². The molecular weight excluding hydrogens is 355 g/mol. The highest BCUT2D eigenvalue weighted by Gasteiger charge is 2.21. The number of pyridine rings is 1. The lowest BCUT2D eigenvalue weighted by Gasteiger charge is -2.25. The Morgan fingerprint density at radius 3 is 2.75 bits per heavy atom. The van der Waals surface area contributed by atoms with E-state index < -0.39 is 0 Å². The highest BCUT2D eigenvalue weighted by atomic mass is 19.1. The van der Waals surface area contributed by atoms with Gasteiger partial charge in [0, 0.05) is 35.9 Å². The summed E-state index contributed by atoms with van der Waals surface area (Å²) < 4.78 is 25.7. The maximum atomic E-state index is 13.9. The van der Waals surface area contributed by atoms with Crippen LogP contribution in [0.3, 0.4) is 0 Å². The van der Waals surface area contributed by atoms with E-state index in [2.05, 4.69) is 16.9 Å². The molecule has 5 heteroatoms. The van der Waals surface area contributed by atoms with Gasteiger partial charge in [0.1, 0.15) is 29.8 Å². The minimum absolute atomic E-state index is 0.0311. The quantitative estimate of drug-likeness (QED) is 0.650. The van der Waals surface area contributed by atoms with E-state index >= 15 is 0 Å².